The Kier molecular flexibility index (Phi) is 2.77. The average Bonchev–Trinajstić information content (AvgIpc) is 3.02. The van der Waals surface area contributed by atoms with Gasteiger partial charge in [-0.3, -0.25) is 4.79 Å². The summed E-state index contributed by atoms with van der Waals surface area (Å²) in [5, 5.41) is 0.627. The molecule has 4 heteroatoms. The number of benzene rings is 1. The van der Waals surface area contributed by atoms with Crippen LogP contribution in [0, 0.1) is 0 Å². The molecule has 1 aliphatic rings. The van der Waals surface area contributed by atoms with Crippen molar-refractivity contribution in [2.75, 3.05) is 7.11 Å². The van der Waals surface area contributed by atoms with Crippen molar-refractivity contribution in [3.63, 3.8) is 0 Å². The highest BCUT2D eigenvalue weighted by Gasteiger charge is 2.52. The Labute approximate surface area is 102 Å². The number of methoxy groups -OCH3 is 1. The van der Waals surface area contributed by atoms with Crippen LogP contribution in [0.1, 0.15) is 18.4 Å². The second-order valence-corrected chi connectivity index (χ2v) is 4.96. The minimum Gasteiger partial charge on any atom is -0.468 e. The molecular formula is C11H10BrClO2. The van der Waals surface area contributed by atoms with E-state index in [0.29, 0.717) is 5.02 Å². The van der Waals surface area contributed by atoms with E-state index in [1.54, 1.807) is 0 Å². The smallest absolute Gasteiger partial charge is 0.316 e. The van der Waals surface area contributed by atoms with Gasteiger partial charge in [0, 0.05) is 4.47 Å². The number of rotatable bonds is 2. The van der Waals surface area contributed by atoms with E-state index in [-0.39, 0.29) is 5.97 Å². The lowest BCUT2D eigenvalue weighted by atomic mass is 9.96. The Morgan fingerprint density at radius 3 is 2.67 bits per heavy atom. The fourth-order valence-electron chi connectivity index (χ4n) is 1.72. The molecule has 1 aromatic carbocycles. The molecule has 80 valence electrons. The zero-order valence-corrected chi connectivity index (χ0v) is 10.6. The quantitative estimate of drug-likeness (QED) is 0.781. The maximum Gasteiger partial charge on any atom is 0.316 e. The number of carbonyl (C=O) groups excluding carboxylic acids is 1. The molecule has 1 aromatic rings. The molecule has 0 aliphatic heterocycles. The van der Waals surface area contributed by atoms with Crippen LogP contribution in [0.5, 0.6) is 0 Å². The van der Waals surface area contributed by atoms with Gasteiger partial charge in [-0.05, 0) is 46.5 Å². The first-order valence-corrected chi connectivity index (χ1v) is 5.81. The van der Waals surface area contributed by atoms with Gasteiger partial charge in [-0.15, -0.1) is 0 Å². The molecule has 0 saturated heterocycles. The summed E-state index contributed by atoms with van der Waals surface area (Å²) in [5.74, 6) is -0.166. The minimum absolute atomic E-state index is 0.166. The van der Waals surface area contributed by atoms with Crippen LogP contribution in [-0.2, 0) is 14.9 Å². The fraction of sp³-hybridized carbons (Fsp3) is 0.364. The first-order valence-electron chi connectivity index (χ1n) is 4.64. The van der Waals surface area contributed by atoms with Crippen LogP contribution in [0.15, 0.2) is 22.7 Å². The van der Waals surface area contributed by atoms with Gasteiger partial charge in [0.2, 0.25) is 0 Å². The monoisotopic (exact) mass is 288 g/mol. The van der Waals surface area contributed by atoms with Crippen molar-refractivity contribution >= 4 is 33.5 Å². The molecule has 0 N–H and O–H groups in total. The van der Waals surface area contributed by atoms with Crippen LogP contribution < -0.4 is 0 Å². The molecule has 0 spiro atoms. The van der Waals surface area contributed by atoms with Crippen molar-refractivity contribution in [1.82, 2.24) is 0 Å². The summed E-state index contributed by atoms with van der Waals surface area (Å²) in [7, 11) is 1.42. The molecule has 1 aliphatic carbocycles. The Balaban J connectivity index is 2.38. The molecule has 0 unspecified atom stereocenters. The number of hydrogen-bond acceptors (Lipinski definition) is 2. The summed E-state index contributed by atoms with van der Waals surface area (Å²) in [6, 6.07) is 5.61. The van der Waals surface area contributed by atoms with Crippen molar-refractivity contribution in [3.8, 4) is 0 Å². The van der Waals surface area contributed by atoms with Crippen LogP contribution in [0.4, 0.5) is 0 Å². The van der Waals surface area contributed by atoms with E-state index in [9.17, 15) is 4.79 Å². The van der Waals surface area contributed by atoms with Gasteiger partial charge in [-0.25, -0.2) is 0 Å². The van der Waals surface area contributed by atoms with Crippen LogP contribution in [0.2, 0.25) is 5.02 Å². The molecule has 0 bridgehead atoms. The van der Waals surface area contributed by atoms with Crippen LogP contribution >= 0.6 is 27.5 Å². The Hall–Kier alpha value is -0.540. The molecule has 0 atom stereocenters. The highest BCUT2D eigenvalue weighted by molar-refractivity contribution is 9.10. The number of hydrogen-bond donors (Lipinski definition) is 0. The van der Waals surface area contributed by atoms with Gasteiger partial charge in [0.05, 0.1) is 17.5 Å². The molecule has 0 amide bonds. The third-order valence-corrected chi connectivity index (χ3v) is 4.03. The summed E-state index contributed by atoms with van der Waals surface area (Å²) >= 11 is 9.32. The SMILES string of the molecule is COC(=O)C1(c2ccc(Br)c(Cl)c2)CC1. The lowest BCUT2D eigenvalue weighted by Gasteiger charge is -2.13. The summed E-state index contributed by atoms with van der Waals surface area (Å²) in [6.07, 6.45) is 1.69. The summed E-state index contributed by atoms with van der Waals surface area (Å²) in [4.78, 5) is 11.6. The van der Waals surface area contributed by atoms with Gasteiger partial charge in [-0.1, -0.05) is 17.7 Å². The Morgan fingerprint density at radius 1 is 1.53 bits per heavy atom. The van der Waals surface area contributed by atoms with E-state index in [4.69, 9.17) is 16.3 Å². The topological polar surface area (TPSA) is 26.3 Å². The van der Waals surface area contributed by atoms with Crippen molar-refractivity contribution in [2.24, 2.45) is 0 Å². The number of halogens is 2. The van der Waals surface area contributed by atoms with Crippen LogP contribution in [-0.4, -0.2) is 13.1 Å². The van der Waals surface area contributed by atoms with Gasteiger partial charge < -0.3 is 4.74 Å². The van der Waals surface area contributed by atoms with Gasteiger partial charge >= 0.3 is 5.97 Å². The van der Waals surface area contributed by atoms with Crippen LogP contribution in [0.3, 0.4) is 0 Å². The zero-order chi connectivity index (χ0) is 11.1. The molecule has 2 rings (SSSR count). The molecule has 1 saturated carbocycles. The van der Waals surface area contributed by atoms with Crippen LogP contribution in [0.25, 0.3) is 0 Å². The standard InChI is InChI=1S/C11H10BrClO2/c1-15-10(14)11(4-5-11)7-2-3-8(12)9(13)6-7/h2-3,6H,4-5H2,1H3. The van der Waals surface area contributed by atoms with E-state index < -0.39 is 5.41 Å². The number of ether oxygens (including phenoxy) is 1. The second-order valence-electron chi connectivity index (χ2n) is 3.70. The van der Waals surface area contributed by atoms with Gasteiger partial charge in [0.25, 0.3) is 0 Å². The van der Waals surface area contributed by atoms with Gasteiger partial charge in [-0.2, -0.15) is 0 Å². The average molecular weight is 290 g/mol. The second kappa shape index (κ2) is 3.80. The lowest BCUT2D eigenvalue weighted by molar-refractivity contribution is -0.143. The summed E-state index contributed by atoms with van der Waals surface area (Å²) in [6.45, 7) is 0. The Bertz CT molecular complexity index is 413. The third kappa shape index (κ3) is 1.79. The largest absolute Gasteiger partial charge is 0.468 e. The molecule has 15 heavy (non-hydrogen) atoms. The zero-order valence-electron chi connectivity index (χ0n) is 8.22. The highest BCUT2D eigenvalue weighted by atomic mass is 79.9. The summed E-state index contributed by atoms with van der Waals surface area (Å²) in [5.41, 5.74) is 0.515. The van der Waals surface area contributed by atoms with E-state index in [1.165, 1.54) is 7.11 Å². The third-order valence-electron chi connectivity index (χ3n) is 2.80. The molecule has 0 radical (unpaired) electrons. The van der Waals surface area contributed by atoms with Gasteiger partial charge in [0.1, 0.15) is 0 Å². The fourth-order valence-corrected chi connectivity index (χ4v) is 2.15. The van der Waals surface area contributed by atoms with Crippen molar-refractivity contribution in [3.05, 3.63) is 33.3 Å². The first kappa shape index (κ1) is 11.0. The maximum atomic E-state index is 11.6. The van der Waals surface area contributed by atoms with E-state index in [2.05, 4.69) is 15.9 Å². The van der Waals surface area contributed by atoms with E-state index in [0.717, 1.165) is 22.9 Å². The van der Waals surface area contributed by atoms with E-state index in [1.807, 2.05) is 18.2 Å². The van der Waals surface area contributed by atoms with Gasteiger partial charge in [0.15, 0.2) is 0 Å². The number of esters is 1. The lowest BCUT2D eigenvalue weighted by Crippen LogP contribution is -2.21. The first-order chi connectivity index (χ1) is 7.10. The van der Waals surface area contributed by atoms with Crippen molar-refractivity contribution < 1.29 is 9.53 Å². The predicted octanol–water partition coefficient (Wildman–Crippen LogP) is 3.31. The molecule has 1 fully saturated rings. The Morgan fingerprint density at radius 2 is 2.20 bits per heavy atom. The highest BCUT2D eigenvalue weighted by Crippen LogP contribution is 2.50. The minimum atomic E-state index is -0.431. The molecule has 0 aromatic heterocycles. The van der Waals surface area contributed by atoms with Crippen molar-refractivity contribution in [1.29, 1.82) is 0 Å². The predicted molar refractivity (Wildman–Crippen MR) is 62.1 cm³/mol. The van der Waals surface area contributed by atoms with Crippen molar-refractivity contribution in [2.45, 2.75) is 18.3 Å². The summed E-state index contributed by atoms with van der Waals surface area (Å²) < 4.78 is 5.65. The maximum absolute atomic E-state index is 11.6. The number of carbonyl (C=O) groups is 1. The molecule has 2 nitrogen and oxygen atoms in total. The molecule has 0 heterocycles. The van der Waals surface area contributed by atoms with E-state index >= 15 is 0 Å². The normalized spacial score (nSPS) is 17.3. The molecular weight excluding hydrogens is 279 g/mol.